The third-order valence-corrected chi connectivity index (χ3v) is 3.82. The molecule has 1 rings (SSSR count). The van der Waals surface area contributed by atoms with E-state index in [1.165, 1.54) is 14.0 Å². The topological polar surface area (TPSA) is 93.7 Å². The van der Waals surface area contributed by atoms with Gasteiger partial charge in [0.15, 0.2) is 0 Å². The van der Waals surface area contributed by atoms with Crippen molar-refractivity contribution in [2.24, 2.45) is 5.92 Å². The number of esters is 1. The van der Waals surface area contributed by atoms with Crippen LogP contribution >= 0.6 is 0 Å². The molecule has 0 aliphatic carbocycles. The van der Waals surface area contributed by atoms with Crippen LogP contribution < -0.4 is 15.4 Å². The molecular weight excluding hydrogens is 336 g/mol. The molecule has 1 aromatic carbocycles. The van der Waals surface area contributed by atoms with Crippen LogP contribution in [0.25, 0.3) is 0 Å². The van der Waals surface area contributed by atoms with Gasteiger partial charge in [0.25, 0.3) is 0 Å². The number of hydrogen-bond acceptors (Lipinski definition) is 5. The molecular formula is C19H28N2O5. The summed E-state index contributed by atoms with van der Waals surface area (Å²) in [4.78, 5) is 36.2. The van der Waals surface area contributed by atoms with E-state index in [4.69, 9.17) is 9.47 Å². The van der Waals surface area contributed by atoms with Gasteiger partial charge in [-0.1, -0.05) is 32.0 Å². The molecule has 1 aromatic rings. The number of ether oxygens (including phenoxy) is 2. The molecule has 0 saturated carbocycles. The molecule has 7 heteroatoms. The number of carbonyl (C=O) groups is 3. The number of hydrogen-bond donors (Lipinski definition) is 2. The molecule has 2 atom stereocenters. The Bertz CT molecular complexity index is 630. The lowest BCUT2D eigenvalue weighted by Crippen LogP contribution is -2.52. The lowest BCUT2D eigenvalue weighted by Gasteiger charge is -2.23. The highest BCUT2D eigenvalue weighted by molar-refractivity contribution is 5.90. The molecule has 26 heavy (non-hydrogen) atoms. The Labute approximate surface area is 154 Å². The highest BCUT2D eigenvalue weighted by atomic mass is 16.5. The van der Waals surface area contributed by atoms with E-state index in [1.54, 1.807) is 13.2 Å². The van der Waals surface area contributed by atoms with E-state index in [1.807, 2.05) is 32.0 Å². The highest BCUT2D eigenvalue weighted by Gasteiger charge is 2.28. The van der Waals surface area contributed by atoms with Crippen LogP contribution in [0.15, 0.2) is 24.3 Å². The number of para-hydroxylation sites is 1. The molecule has 7 nitrogen and oxygen atoms in total. The molecule has 0 heterocycles. The first-order chi connectivity index (χ1) is 12.3. The summed E-state index contributed by atoms with van der Waals surface area (Å²) in [5, 5.41) is 5.33. The second-order valence-corrected chi connectivity index (χ2v) is 6.48. The van der Waals surface area contributed by atoms with Crippen LogP contribution in [-0.4, -0.2) is 44.1 Å². The van der Waals surface area contributed by atoms with E-state index in [9.17, 15) is 14.4 Å². The molecule has 0 bridgehead atoms. The zero-order chi connectivity index (χ0) is 19.7. The number of carbonyl (C=O) groups excluding carboxylic acids is 3. The fraction of sp³-hybridized carbons (Fsp3) is 0.526. The van der Waals surface area contributed by atoms with Crippen LogP contribution in [0.4, 0.5) is 0 Å². The summed E-state index contributed by atoms with van der Waals surface area (Å²) >= 11 is 0. The molecule has 0 aliphatic heterocycles. The van der Waals surface area contributed by atoms with Crippen molar-refractivity contribution in [3.8, 4) is 5.75 Å². The Kier molecular flexibility index (Phi) is 8.61. The van der Waals surface area contributed by atoms with E-state index in [0.29, 0.717) is 12.2 Å². The van der Waals surface area contributed by atoms with Gasteiger partial charge in [0.2, 0.25) is 11.8 Å². The SMILES string of the molecule is COC(=O)[C@@H](Cc1ccccc1OC)NC(=O)[C@H](CC(C)C)NC(C)=O. The van der Waals surface area contributed by atoms with Crippen molar-refractivity contribution < 1.29 is 23.9 Å². The van der Waals surface area contributed by atoms with Gasteiger partial charge in [0.1, 0.15) is 17.8 Å². The van der Waals surface area contributed by atoms with Gasteiger partial charge in [-0.15, -0.1) is 0 Å². The fourth-order valence-corrected chi connectivity index (χ4v) is 2.65. The Balaban J connectivity index is 2.96. The van der Waals surface area contributed by atoms with Crippen LogP contribution in [0.1, 0.15) is 32.8 Å². The average Bonchev–Trinajstić information content (AvgIpc) is 2.59. The van der Waals surface area contributed by atoms with E-state index in [0.717, 1.165) is 5.56 Å². The molecule has 2 amide bonds. The number of methoxy groups -OCH3 is 2. The Morgan fingerprint density at radius 2 is 1.69 bits per heavy atom. The maximum atomic E-state index is 12.6. The minimum atomic E-state index is -0.882. The van der Waals surface area contributed by atoms with Crippen molar-refractivity contribution in [1.82, 2.24) is 10.6 Å². The van der Waals surface area contributed by atoms with Gasteiger partial charge >= 0.3 is 5.97 Å². The van der Waals surface area contributed by atoms with Gasteiger partial charge in [0, 0.05) is 13.3 Å². The summed E-state index contributed by atoms with van der Waals surface area (Å²) in [5.74, 6) is -0.459. The summed E-state index contributed by atoms with van der Waals surface area (Å²) in [5.41, 5.74) is 0.769. The van der Waals surface area contributed by atoms with Crippen molar-refractivity contribution in [1.29, 1.82) is 0 Å². The minimum absolute atomic E-state index is 0.198. The lowest BCUT2D eigenvalue weighted by molar-refractivity contribution is -0.145. The summed E-state index contributed by atoms with van der Waals surface area (Å²) in [6.45, 7) is 5.26. The van der Waals surface area contributed by atoms with Crippen molar-refractivity contribution in [3.05, 3.63) is 29.8 Å². The molecule has 0 fully saturated rings. The van der Waals surface area contributed by atoms with Crippen molar-refractivity contribution >= 4 is 17.8 Å². The van der Waals surface area contributed by atoms with Crippen LogP contribution in [0, 0.1) is 5.92 Å². The minimum Gasteiger partial charge on any atom is -0.496 e. The van der Waals surface area contributed by atoms with E-state index >= 15 is 0 Å². The van der Waals surface area contributed by atoms with Crippen LogP contribution in [0.2, 0.25) is 0 Å². The number of rotatable bonds is 9. The molecule has 0 spiro atoms. The quantitative estimate of drug-likeness (QED) is 0.647. The molecule has 0 unspecified atom stereocenters. The van der Waals surface area contributed by atoms with Crippen molar-refractivity contribution in [2.75, 3.05) is 14.2 Å². The number of nitrogens with one attached hydrogen (secondary N) is 2. The van der Waals surface area contributed by atoms with Crippen molar-refractivity contribution in [2.45, 2.75) is 45.7 Å². The molecule has 0 aromatic heterocycles. The Morgan fingerprint density at radius 1 is 1.04 bits per heavy atom. The van der Waals surface area contributed by atoms with Gasteiger partial charge in [-0.2, -0.15) is 0 Å². The van der Waals surface area contributed by atoms with Gasteiger partial charge in [-0.05, 0) is 24.0 Å². The van der Waals surface area contributed by atoms with E-state index in [2.05, 4.69) is 10.6 Å². The Hall–Kier alpha value is -2.57. The summed E-state index contributed by atoms with van der Waals surface area (Å²) < 4.78 is 10.1. The smallest absolute Gasteiger partial charge is 0.328 e. The summed E-state index contributed by atoms with van der Waals surface area (Å²) in [6.07, 6.45) is 0.685. The third-order valence-electron chi connectivity index (χ3n) is 3.82. The van der Waals surface area contributed by atoms with Crippen LogP contribution in [0.3, 0.4) is 0 Å². The van der Waals surface area contributed by atoms with Crippen LogP contribution in [0.5, 0.6) is 5.75 Å². The van der Waals surface area contributed by atoms with Gasteiger partial charge in [0.05, 0.1) is 14.2 Å². The standard InChI is InChI=1S/C19H28N2O5/c1-12(2)10-15(20-13(3)22)18(23)21-16(19(24)26-5)11-14-8-6-7-9-17(14)25-4/h6-9,12,15-16H,10-11H2,1-5H3,(H,20,22)(H,21,23)/t15-,16+/m0/s1. The first kappa shape index (κ1) is 21.5. The zero-order valence-corrected chi connectivity index (χ0v) is 16.0. The normalized spacial score (nSPS) is 12.8. The van der Waals surface area contributed by atoms with Gasteiger partial charge in [-0.3, -0.25) is 9.59 Å². The predicted octanol–water partition coefficient (Wildman–Crippen LogP) is 1.45. The number of benzene rings is 1. The number of amides is 2. The predicted molar refractivity (Wildman–Crippen MR) is 97.7 cm³/mol. The van der Waals surface area contributed by atoms with Gasteiger partial charge in [-0.25, -0.2) is 4.79 Å². The molecule has 0 radical (unpaired) electrons. The maximum Gasteiger partial charge on any atom is 0.328 e. The first-order valence-corrected chi connectivity index (χ1v) is 8.55. The first-order valence-electron chi connectivity index (χ1n) is 8.55. The molecule has 2 N–H and O–H groups in total. The Morgan fingerprint density at radius 3 is 2.23 bits per heavy atom. The van der Waals surface area contributed by atoms with Crippen LogP contribution in [-0.2, 0) is 25.5 Å². The molecule has 144 valence electrons. The lowest BCUT2D eigenvalue weighted by atomic mass is 10.0. The van der Waals surface area contributed by atoms with Gasteiger partial charge < -0.3 is 20.1 Å². The highest BCUT2D eigenvalue weighted by Crippen LogP contribution is 2.19. The second-order valence-electron chi connectivity index (χ2n) is 6.48. The van der Waals surface area contributed by atoms with E-state index < -0.39 is 24.0 Å². The maximum absolute atomic E-state index is 12.6. The monoisotopic (exact) mass is 364 g/mol. The third kappa shape index (κ3) is 6.74. The molecule has 0 aliphatic rings. The second kappa shape index (κ2) is 10.4. The average molecular weight is 364 g/mol. The van der Waals surface area contributed by atoms with E-state index in [-0.39, 0.29) is 18.2 Å². The largest absolute Gasteiger partial charge is 0.496 e. The fourth-order valence-electron chi connectivity index (χ4n) is 2.65. The van der Waals surface area contributed by atoms with Crippen molar-refractivity contribution in [3.63, 3.8) is 0 Å². The zero-order valence-electron chi connectivity index (χ0n) is 16.0. The molecule has 0 saturated heterocycles. The summed E-state index contributed by atoms with van der Waals surface area (Å²) in [6, 6.07) is 5.66. The summed E-state index contributed by atoms with van der Waals surface area (Å²) in [7, 11) is 2.81.